The summed E-state index contributed by atoms with van der Waals surface area (Å²) in [5, 5.41) is 7.70. The van der Waals surface area contributed by atoms with E-state index in [2.05, 4.69) is 88.2 Å². The van der Waals surface area contributed by atoms with Crippen molar-refractivity contribution in [3.8, 4) is 0 Å². The van der Waals surface area contributed by atoms with Gasteiger partial charge in [0.1, 0.15) is 0 Å². The fourth-order valence-corrected chi connectivity index (χ4v) is 14.3. The molecule has 0 aromatic rings. The van der Waals surface area contributed by atoms with Crippen LogP contribution in [-0.4, -0.2) is 90.1 Å². The van der Waals surface area contributed by atoms with Crippen LogP contribution in [0.5, 0.6) is 0 Å². The molecule has 29 heavy (non-hydrogen) atoms. The molecule has 0 rings (SSSR count). The second-order valence-electron chi connectivity index (χ2n) is 9.19. The predicted molar refractivity (Wildman–Crippen MR) is 136 cm³/mol. The number of rotatable bonds is 18. The topological polar surface area (TPSA) is 39.8 Å². The highest BCUT2D eigenvalue weighted by Gasteiger charge is 2.42. The van der Waals surface area contributed by atoms with Crippen LogP contribution in [0, 0.1) is 0 Å². The largest absolute Gasteiger partial charge is 0.453 e. The highest BCUT2D eigenvalue weighted by atomic mass is 28.4. The molecule has 0 radical (unpaired) electrons. The minimum atomic E-state index is -1.83. The lowest BCUT2D eigenvalue weighted by molar-refractivity contribution is 0.296. The number of nitrogens with one attached hydrogen (secondary N) is 2. The zero-order valence-corrected chi connectivity index (χ0v) is 23.5. The molecule has 0 aliphatic heterocycles. The average molecular weight is 447 g/mol. The van der Waals surface area contributed by atoms with Crippen LogP contribution in [0.1, 0.15) is 54.4 Å². The van der Waals surface area contributed by atoms with E-state index in [4.69, 9.17) is 4.12 Å². The Bertz CT molecular complexity index is 366. The summed E-state index contributed by atoms with van der Waals surface area (Å²) < 4.78 is 7.08. The maximum Gasteiger partial charge on any atom is 0.190 e. The molecule has 0 spiro atoms. The van der Waals surface area contributed by atoms with Crippen LogP contribution in [0.15, 0.2) is 0 Å². The van der Waals surface area contributed by atoms with Crippen molar-refractivity contribution in [3.63, 3.8) is 0 Å². The molecule has 0 saturated heterocycles. The summed E-state index contributed by atoms with van der Waals surface area (Å²) in [6, 6.07) is 0. The fourth-order valence-electron chi connectivity index (χ4n) is 4.46. The van der Waals surface area contributed by atoms with Crippen molar-refractivity contribution >= 4 is 16.6 Å². The van der Waals surface area contributed by atoms with Gasteiger partial charge in [0.2, 0.25) is 0 Å². The Hall–Kier alpha value is 0.234. The van der Waals surface area contributed by atoms with Gasteiger partial charge in [-0.15, -0.1) is 0 Å². The number of hydrogen-bond acceptors (Lipinski definition) is 5. The molecule has 2 unspecified atom stereocenters. The maximum atomic E-state index is 7.08. The van der Waals surface area contributed by atoms with E-state index in [0.29, 0.717) is 11.3 Å². The van der Waals surface area contributed by atoms with Gasteiger partial charge < -0.3 is 24.5 Å². The van der Waals surface area contributed by atoms with Crippen LogP contribution in [0.4, 0.5) is 0 Å². The number of hydrogen-bond donors (Lipinski definition) is 2. The van der Waals surface area contributed by atoms with Crippen LogP contribution in [0.3, 0.4) is 0 Å². The minimum absolute atomic E-state index is 0.512. The summed E-state index contributed by atoms with van der Waals surface area (Å²) in [6.07, 6.45) is 2.29. The lowest BCUT2D eigenvalue weighted by Gasteiger charge is -2.43. The van der Waals surface area contributed by atoms with Crippen molar-refractivity contribution < 1.29 is 4.12 Å². The summed E-state index contributed by atoms with van der Waals surface area (Å²) in [7, 11) is -3.67. The summed E-state index contributed by atoms with van der Waals surface area (Å²) in [4.78, 5) is 4.97. The molecule has 0 aliphatic carbocycles. The Labute approximate surface area is 185 Å². The first-order valence-corrected chi connectivity index (χ1v) is 18.2. The van der Waals surface area contributed by atoms with E-state index in [-0.39, 0.29) is 0 Å². The molecule has 0 heterocycles. The Morgan fingerprint density at radius 3 is 1.17 bits per heavy atom. The van der Waals surface area contributed by atoms with Crippen LogP contribution in [0.25, 0.3) is 0 Å². The summed E-state index contributed by atoms with van der Waals surface area (Å²) in [6.45, 7) is 32.1. The van der Waals surface area contributed by atoms with Gasteiger partial charge in [0.15, 0.2) is 16.6 Å². The van der Waals surface area contributed by atoms with Gasteiger partial charge in [0, 0.05) is 37.5 Å². The maximum absolute atomic E-state index is 7.08. The predicted octanol–water partition coefficient (Wildman–Crippen LogP) is 3.91. The third kappa shape index (κ3) is 10.9. The lowest BCUT2D eigenvalue weighted by Crippen LogP contribution is -2.63. The second-order valence-corrected chi connectivity index (χ2v) is 17.8. The Kier molecular flexibility index (Phi) is 15.2. The van der Waals surface area contributed by atoms with Crippen LogP contribution in [-0.2, 0) is 4.12 Å². The Morgan fingerprint density at radius 1 is 0.621 bits per heavy atom. The molecule has 0 aromatic carbocycles. The summed E-state index contributed by atoms with van der Waals surface area (Å²) >= 11 is 0. The zero-order valence-electron chi connectivity index (χ0n) is 21.5. The molecule has 2 N–H and O–H groups in total. The highest BCUT2D eigenvalue weighted by Crippen LogP contribution is 2.23. The van der Waals surface area contributed by atoms with Gasteiger partial charge in [0.25, 0.3) is 0 Å². The monoisotopic (exact) mass is 446 g/mol. The van der Waals surface area contributed by atoms with Crippen LogP contribution >= 0.6 is 0 Å². The first kappa shape index (κ1) is 29.2. The SMILES string of the molecule is CCC(NCCN(CC)CC)[Si](C)(C)O[Si](C)(C)C(CC)NCCN(CC)CC. The van der Waals surface area contributed by atoms with Crippen molar-refractivity contribution in [3.05, 3.63) is 0 Å². The van der Waals surface area contributed by atoms with E-state index in [1.54, 1.807) is 0 Å². The first-order valence-electron chi connectivity index (χ1n) is 12.2. The first-order chi connectivity index (χ1) is 13.6. The van der Waals surface area contributed by atoms with E-state index < -0.39 is 16.6 Å². The van der Waals surface area contributed by atoms with Gasteiger partial charge in [-0.1, -0.05) is 41.5 Å². The molecular weight excluding hydrogens is 392 g/mol. The van der Waals surface area contributed by atoms with Gasteiger partial charge in [-0.25, -0.2) is 0 Å². The summed E-state index contributed by atoms with van der Waals surface area (Å²) in [5.74, 6) is 0. The molecule has 0 aromatic heterocycles. The molecule has 176 valence electrons. The number of likely N-dealkylation sites (N-methyl/N-ethyl adjacent to an activating group) is 2. The van der Waals surface area contributed by atoms with Crippen LogP contribution < -0.4 is 10.6 Å². The van der Waals surface area contributed by atoms with E-state index >= 15 is 0 Å². The molecule has 0 aliphatic rings. The van der Waals surface area contributed by atoms with E-state index in [1.165, 1.54) is 0 Å². The second kappa shape index (κ2) is 15.1. The quantitative estimate of drug-likeness (QED) is 0.312. The van der Waals surface area contributed by atoms with Gasteiger partial charge in [-0.05, 0) is 65.2 Å². The average Bonchev–Trinajstić information content (AvgIpc) is 2.67. The molecule has 0 bridgehead atoms. The van der Waals surface area contributed by atoms with Crippen molar-refractivity contribution in [1.82, 2.24) is 20.4 Å². The highest BCUT2D eigenvalue weighted by molar-refractivity contribution is 6.86. The van der Waals surface area contributed by atoms with Gasteiger partial charge >= 0.3 is 0 Å². The lowest BCUT2D eigenvalue weighted by atomic mass is 10.4. The molecular formula is C22H54N4OSi2. The van der Waals surface area contributed by atoms with Gasteiger partial charge in [-0.3, -0.25) is 0 Å². The molecule has 0 saturated carbocycles. The van der Waals surface area contributed by atoms with Crippen molar-refractivity contribution in [2.24, 2.45) is 0 Å². The minimum Gasteiger partial charge on any atom is -0.453 e. The van der Waals surface area contributed by atoms with Crippen molar-refractivity contribution in [2.75, 3.05) is 52.4 Å². The normalized spacial score (nSPS) is 15.3. The molecule has 2 atom stereocenters. The Morgan fingerprint density at radius 2 is 0.931 bits per heavy atom. The molecule has 0 amide bonds. The fraction of sp³-hybridized carbons (Fsp3) is 1.00. The van der Waals surface area contributed by atoms with Crippen molar-refractivity contribution in [2.45, 2.75) is 91.9 Å². The molecule has 5 nitrogen and oxygen atoms in total. The smallest absolute Gasteiger partial charge is 0.190 e. The third-order valence-corrected chi connectivity index (χ3v) is 15.2. The van der Waals surface area contributed by atoms with Crippen molar-refractivity contribution in [1.29, 1.82) is 0 Å². The van der Waals surface area contributed by atoms with E-state index in [9.17, 15) is 0 Å². The van der Waals surface area contributed by atoms with E-state index in [1.807, 2.05) is 0 Å². The standard InChI is InChI=1S/C22H54N4OSi2/c1-11-21(23-17-19-25(13-3)14-4)28(7,8)27-29(9,10)22(12-2)24-18-20-26(15-5)16-6/h21-24H,11-20H2,1-10H3. The van der Waals surface area contributed by atoms with Crippen LogP contribution in [0.2, 0.25) is 26.2 Å². The molecule has 0 fully saturated rings. The Balaban J connectivity index is 4.84. The zero-order chi connectivity index (χ0) is 22.5. The molecule has 7 heteroatoms. The third-order valence-electron chi connectivity index (χ3n) is 6.45. The van der Waals surface area contributed by atoms with E-state index in [0.717, 1.165) is 65.2 Å². The summed E-state index contributed by atoms with van der Waals surface area (Å²) in [5.41, 5.74) is 1.02. The number of nitrogens with zero attached hydrogens (tertiary/aromatic N) is 2. The van der Waals surface area contributed by atoms with Gasteiger partial charge in [0.05, 0.1) is 0 Å². The van der Waals surface area contributed by atoms with Gasteiger partial charge in [-0.2, -0.15) is 0 Å².